The van der Waals surface area contributed by atoms with Crippen LogP contribution in [-0.2, 0) is 4.74 Å². The summed E-state index contributed by atoms with van der Waals surface area (Å²) in [5.74, 6) is 0.697. The van der Waals surface area contributed by atoms with Crippen LogP contribution in [0.4, 0.5) is 10.6 Å². The number of nitrogens with one attached hydrogen (secondary N) is 2. The van der Waals surface area contributed by atoms with Crippen molar-refractivity contribution >= 4 is 27.8 Å². The first-order valence-corrected chi connectivity index (χ1v) is 6.34. The van der Waals surface area contributed by atoms with E-state index in [1.54, 1.807) is 6.07 Å². The number of hydrogen-bond acceptors (Lipinski definition) is 5. The summed E-state index contributed by atoms with van der Waals surface area (Å²) in [4.78, 5) is 19.3. The quantitative estimate of drug-likeness (QED) is 0.657. The van der Waals surface area contributed by atoms with Crippen molar-refractivity contribution < 1.29 is 9.53 Å². The van der Waals surface area contributed by atoms with Crippen LogP contribution in [-0.4, -0.2) is 34.8 Å². The van der Waals surface area contributed by atoms with Crippen molar-refractivity contribution in [1.29, 1.82) is 0 Å². The highest BCUT2D eigenvalue weighted by Crippen LogP contribution is 2.09. The van der Waals surface area contributed by atoms with Crippen molar-refractivity contribution in [2.75, 3.05) is 18.4 Å². The molecular formula is C11H17BrN4O2. The molecule has 0 saturated carbocycles. The summed E-state index contributed by atoms with van der Waals surface area (Å²) in [5, 5.41) is 5.70. The summed E-state index contributed by atoms with van der Waals surface area (Å²) in [7, 11) is 0. The Morgan fingerprint density at radius 3 is 2.72 bits per heavy atom. The predicted molar refractivity (Wildman–Crippen MR) is 72.5 cm³/mol. The molecule has 0 aromatic carbocycles. The van der Waals surface area contributed by atoms with Crippen molar-refractivity contribution in [1.82, 2.24) is 15.3 Å². The fourth-order valence-corrected chi connectivity index (χ4v) is 1.41. The minimum Gasteiger partial charge on any atom is -0.444 e. The van der Waals surface area contributed by atoms with Crippen molar-refractivity contribution in [2.45, 2.75) is 26.4 Å². The number of carbonyl (C=O) groups excluding carboxylic acids is 1. The number of rotatable bonds is 4. The number of carbonyl (C=O) groups is 1. The van der Waals surface area contributed by atoms with E-state index >= 15 is 0 Å². The van der Waals surface area contributed by atoms with Crippen LogP contribution < -0.4 is 10.6 Å². The van der Waals surface area contributed by atoms with Gasteiger partial charge in [0.2, 0.25) is 0 Å². The highest BCUT2D eigenvalue weighted by Gasteiger charge is 2.15. The van der Waals surface area contributed by atoms with E-state index in [1.165, 1.54) is 6.33 Å². The van der Waals surface area contributed by atoms with Crippen LogP contribution in [0.25, 0.3) is 0 Å². The molecule has 6 nitrogen and oxygen atoms in total. The van der Waals surface area contributed by atoms with Crippen LogP contribution in [0.2, 0.25) is 0 Å². The Hall–Kier alpha value is -1.37. The number of amides is 1. The minimum absolute atomic E-state index is 0.423. The second-order valence-corrected chi connectivity index (χ2v) is 5.39. The molecule has 2 N–H and O–H groups in total. The standard InChI is InChI=1S/C11H17BrN4O2/c1-11(2,3)18-10(17)14-5-4-13-9-6-8(12)15-7-16-9/h6-7H,4-5H2,1-3H3,(H,14,17)(H,13,15,16). The van der Waals surface area contributed by atoms with E-state index in [0.29, 0.717) is 23.5 Å². The summed E-state index contributed by atoms with van der Waals surface area (Å²) in [6.45, 7) is 6.48. The molecule has 0 fully saturated rings. The Kier molecular flexibility index (Phi) is 5.33. The Morgan fingerprint density at radius 1 is 1.39 bits per heavy atom. The molecule has 1 aromatic heterocycles. The smallest absolute Gasteiger partial charge is 0.407 e. The second-order valence-electron chi connectivity index (χ2n) is 4.58. The van der Waals surface area contributed by atoms with Gasteiger partial charge in [0.05, 0.1) is 0 Å². The van der Waals surface area contributed by atoms with Crippen LogP contribution in [0.1, 0.15) is 20.8 Å². The first-order chi connectivity index (χ1) is 8.37. The maximum atomic E-state index is 11.3. The largest absolute Gasteiger partial charge is 0.444 e. The van der Waals surface area contributed by atoms with Gasteiger partial charge in [-0.2, -0.15) is 0 Å². The Bertz CT molecular complexity index is 406. The van der Waals surface area contributed by atoms with Gasteiger partial charge in [0, 0.05) is 19.2 Å². The van der Waals surface area contributed by atoms with Crippen molar-refractivity contribution in [3.05, 3.63) is 17.0 Å². The molecule has 0 saturated heterocycles. The van der Waals surface area contributed by atoms with Gasteiger partial charge in [-0.3, -0.25) is 0 Å². The minimum atomic E-state index is -0.477. The Labute approximate surface area is 115 Å². The number of ether oxygens (including phenoxy) is 1. The van der Waals surface area contributed by atoms with Gasteiger partial charge in [-0.25, -0.2) is 14.8 Å². The number of aromatic nitrogens is 2. The maximum absolute atomic E-state index is 11.3. The monoisotopic (exact) mass is 316 g/mol. The van der Waals surface area contributed by atoms with Gasteiger partial charge in [0.1, 0.15) is 22.3 Å². The SMILES string of the molecule is CC(C)(C)OC(=O)NCCNc1cc(Br)ncn1. The molecule has 0 aliphatic carbocycles. The molecule has 1 aromatic rings. The topological polar surface area (TPSA) is 76.1 Å². The Balaban J connectivity index is 2.21. The molecule has 18 heavy (non-hydrogen) atoms. The number of hydrogen-bond donors (Lipinski definition) is 2. The van der Waals surface area contributed by atoms with E-state index in [2.05, 4.69) is 36.5 Å². The van der Waals surface area contributed by atoms with Crippen LogP contribution in [0, 0.1) is 0 Å². The molecule has 1 heterocycles. The third-order valence-electron chi connectivity index (χ3n) is 1.73. The molecule has 1 rings (SSSR count). The third-order valence-corrected chi connectivity index (χ3v) is 2.17. The van der Waals surface area contributed by atoms with Crippen LogP contribution in [0.5, 0.6) is 0 Å². The molecule has 0 radical (unpaired) electrons. The number of nitrogens with zero attached hydrogens (tertiary/aromatic N) is 2. The zero-order valence-electron chi connectivity index (χ0n) is 10.7. The maximum Gasteiger partial charge on any atom is 0.407 e. The van der Waals surface area contributed by atoms with Crippen LogP contribution in [0.3, 0.4) is 0 Å². The zero-order valence-corrected chi connectivity index (χ0v) is 12.2. The van der Waals surface area contributed by atoms with Gasteiger partial charge in [-0.1, -0.05) is 0 Å². The molecule has 0 aliphatic rings. The summed E-state index contributed by atoms with van der Waals surface area (Å²) < 4.78 is 5.81. The van der Waals surface area contributed by atoms with E-state index in [-0.39, 0.29) is 0 Å². The summed E-state index contributed by atoms with van der Waals surface area (Å²) >= 11 is 3.25. The van der Waals surface area contributed by atoms with Gasteiger partial charge in [-0.15, -0.1) is 0 Å². The lowest BCUT2D eigenvalue weighted by Gasteiger charge is -2.19. The van der Waals surface area contributed by atoms with Gasteiger partial charge < -0.3 is 15.4 Å². The van der Waals surface area contributed by atoms with Crippen molar-refractivity contribution in [3.63, 3.8) is 0 Å². The predicted octanol–water partition coefficient (Wildman–Crippen LogP) is 2.18. The van der Waals surface area contributed by atoms with Gasteiger partial charge in [0.25, 0.3) is 0 Å². The molecule has 0 atom stereocenters. The van der Waals surface area contributed by atoms with Crippen LogP contribution >= 0.6 is 15.9 Å². The molecule has 1 amide bonds. The van der Waals surface area contributed by atoms with E-state index in [1.807, 2.05) is 20.8 Å². The lowest BCUT2D eigenvalue weighted by atomic mass is 10.2. The average molecular weight is 317 g/mol. The third kappa shape index (κ3) is 6.39. The second kappa shape index (κ2) is 6.53. The number of anilines is 1. The van der Waals surface area contributed by atoms with E-state index in [0.717, 1.165) is 0 Å². The molecule has 0 bridgehead atoms. The molecule has 0 aliphatic heterocycles. The van der Waals surface area contributed by atoms with Gasteiger partial charge >= 0.3 is 6.09 Å². The zero-order chi connectivity index (χ0) is 13.6. The number of alkyl carbamates (subject to hydrolysis) is 1. The van der Waals surface area contributed by atoms with Gasteiger partial charge in [-0.05, 0) is 36.7 Å². The first kappa shape index (κ1) is 14.7. The molecule has 0 unspecified atom stereocenters. The molecule has 7 heteroatoms. The molecular weight excluding hydrogens is 300 g/mol. The average Bonchev–Trinajstić information content (AvgIpc) is 2.22. The highest BCUT2D eigenvalue weighted by atomic mass is 79.9. The lowest BCUT2D eigenvalue weighted by molar-refractivity contribution is 0.0530. The van der Waals surface area contributed by atoms with E-state index in [4.69, 9.17) is 4.74 Å². The fraction of sp³-hybridized carbons (Fsp3) is 0.545. The number of halogens is 1. The summed E-state index contributed by atoms with van der Waals surface area (Å²) in [6, 6.07) is 1.76. The highest BCUT2D eigenvalue weighted by molar-refractivity contribution is 9.10. The summed E-state index contributed by atoms with van der Waals surface area (Å²) in [5.41, 5.74) is -0.477. The molecule has 100 valence electrons. The fourth-order valence-electron chi connectivity index (χ4n) is 1.10. The van der Waals surface area contributed by atoms with Crippen molar-refractivity contribution in [3.8, 4) is 0 Å². The van der Waals surface area contributed by atoms with Gasteiger partial charge in [0.15, 0.2) is 0 Å². The first-order valence-electron chi connectivity index (χ1n) is 5.55. The Morgan fingerprint density at radius 2 is 2.11 bits per heavy atom. The molecule has 0 spiro atoms. The van der Waals surface area contributed by atoms with E-state index < -0.39 is 11.7 Å². The normalized spacial score (nSPS) is 10.9. The van der Waals surface area contributed by atoms with Crippen LogP contribution in [0.15, 0.2) is 17.0 Å². The van der Waals surface area contributed by atoms with E-state index in [9.17, 15) is 4.79 Å². The van der Waals surface area contributed by atoms with Crippen molar-refractivity contribution in [2.24, 2.45) is 0 Å². The lowest BCUT2D eigenvalue weighted by Crippen LogP contribution is -2.35. The summed E-state index contributed by atoms with van der Waals surface area (Å²) in [6.07, 6.45) is 1.03.